The summed E-state index contributed by atoms with van der Waals surface area (Å²) in [4.78, 5) is 36.5. The Morgan fingerprint density at radius 2 is 1.94 bits per heavy atom. The molecule has 2 aromatic carbocycles. The lowest BCUT2D eigenvalue weighted by Crippen LogP contribution is -2.38. The molecule has 3 heterocycles. The number of fused-ring (bicyclic) bond motifs is 2. The zero-order valence-electron chi connectivity index (χ0n) is 16.8. The molecule has 158 valence electrons. The molecule has 0 aliphatic carbocycles. The fourth-order valence-corrected chi connectivity index (χ4v) is 5.60. The first kappa shape index (κ1) is 20.3. The van der Waals surface area contributed by atoms with E-state index in [0.29, 0.717) is 29.8 Å². The summed E-state index contributed by atoms with van der Waals surface area (Å²) in [6.07, 6.45) is 3.69. The molecule has 1 fully saturated rings. The Kier molecular flexibility index (Phi) is 5.58. The van der Waals surface area contributed by atoms with Gasteiger partial charge in [-0.2, -0.15) is 0 Å². The molecule has 31 heavy (non-hydrogen) atoms. The minimum atomic E-state index is -0.117. The van der Waals surface area contributed by atoms with Gasteiger partial charge in [0.2, 0.25) is 5.91 Å². The van der Waals surface area contributed by atoms with E-state index in [0.717, 1.165) is 35.9 Å². The average Bonchev–Trinajstić information content (AvgIpc) is 3.23. The highest BCUT2D eigenvalue weighted by atomic mass is 79.9. The number of hydrogen-bond acceptors (Lipinski definition) is 5. The molecule has 0 N–H and O–H groups in total. The number of piperidine rings is 1. The second-order valence-corrected chi connectivity index (χ2v) is 9.81. The van der Waals surface area contributed by atoms with Crippen molar-refractivity contribution in [3.05, 3.63) is 68.6 Å². The highest BCUT2D eigenvalue weighted by Gasteiger charge is 2.25. The Balaban J connectivity index is 1.21. The Morgan fingerprint density at radius 1 is 1.13 bits per heavy atom. The summed E-state index contributed by atoms with van der Waals surface area (Å²) in [5.41, 5.74) is 1.60. The summed E-state index contributed by atoms with van der Waals surface area (Å²) in [6, 6.07) is 13.7. The van der Waals surface area contributed by atoms with Gasteiger partial charge in [0.1, 0.15) is 0 Å². The maximum absolute atomic E-state index is 12.8. The molecule has 0 atom stereocenters. The number of para-hydroxylation sites is 1. The molecule has 5 rings (SSSR count). The van der Waals surface area contributed by atoms with Gasteiger partial charge in [-0.1, -0.05) is 28.1 Å². The predicted octanol–water partition coefficient (Wildman–Crippen LogP) is 4.57. The summed E-state index contributed by atoms with van der Waals surface area (Å²) >= 11 is 5.16. The summed E-state index contributed by atoms with van der Waals surface area (Å²) in [5.74, 6) is 0.496. The molecular formula is C23H21BrN4O2S. The third kappa shape index (κ3) is 4.14. The maximum atomic E-state index is 12.8. The molecule has 1 amide bonds. The van der Waals surface area contributed by atoms with Crippen LogP contribution in [0.25, 0.3) is 21.1 Å². The van der Waals surface area contributed by atoms with E-state index in [1.165, 1.54) is 20.6 Å². The van der Waals surface area contributed by atoms with E-state index in [1.54, 1.807) is 17.4 Å². The van der Waals surface area contributed by atoms with Crippen molar-refractivity contribution in [3.8, 4) is 0 Å². The summed E-state index contributed by atoms with van der Waals surface area (Å²) < 4.78 is 3.58. The average molecular weight is 497 g/mol. The highest BCUT2D eigenvalue weighted by molar-refractivity contribution is 9.10. The van der Waals surface area contributed by atoms with Crippen molar-refractivity contribution in [1.82, 2.24) is 19.4 Å². The molecule has 1 saturated heterocycles. The van der Waals surface area contributed by atoms with Crippen LogP contribution in [0.1, 0.15) is 30.2 Å². The Morgan fingerprint density at radius 3 is 2.74 bits per heavy atom. The number of carbonyl (C=O) groups excluding carboxylic acids is 1. The smallest absolute Gasteiger partial charge is 0.261 e. The van der Waals surface area contributed by atoms with Gasteiger partial charge in [0.05, 0.1) is 32.5 Å². The van der Waals surface area contributed by atoms with Crippen LogP contribution in [0.3, 0.4) is 0 Å². The Bertz CT molecular complexity index is 1290. The highest BCUT2D eigenvalue weighted by Crippen LogP contribution is 2.33. The van der Waals surface area contributed by atoms with Crippen molar-refractivity contribution in [1.29, 1.82) is 0 Å². The van der Waals surface area contributed by atoms with E-state index in [-0.39, 0.29) is 11.5 Å². The van der Waals surface area contributed by atoms with Crippen LogP contribution in [0.5, 0.6) is 0 Å². The van der Waals surface area contributed by atoms with Crippen molar-refractivity contribution in [2.24, 2.45) is 0 Å². The van der Waals surface area contributed by atoms with Crippen LogP contribution in [0.2, 0.25) is 0 Å². The van der Waals surface area contributed by atoms with Crippen molar-refractivity contribution in [2.75, 3.05) is 13.1 Å². The molecule has 1 aliphatic heterocycles. The number of amides is 1. The number of thiazole rings is 1. The molecule has 0 bridgehead atoms. The third-order valence-electron chi connectivity index (χ3n) is 5.86. The topological polar surface area (TPSA) is 68.1 Å². The number of rotatable bonds is 4. The SMILES string of the molecule is O=C(CCn1cnc2ccc(Br)cc2c1=O)N1CCC(c2nc3ccccc3s2)CC1. The molecule has 4 aromatic rings. The van der Waals surface area contributed by atoms with Crippen LogP contribution < -0.4 is 5.56 Å². The van der Waals surface area contributed by atoms with Gasteiger partial charge in [0, 0.05) is 36.4 Å². The van der Waals surface area contributed by atoms with Crippen molar-refractivity contribution in [2.45, 2.75) is 31.7 Å². The van der Waals surface area contributed by atoms with Crippen LogP contribution in [0.4, 0.5) is 0 Å². The number of halogens is 1. The molecule has 0 spiro atoms. The molecule has 0 saturated carbocycles. The van der Waals surface area contributed by atoms with Crippen molar-refractivity contribution in [3.63, 3.8) is 0 Å². The molecule has 8 heteroatoms. The van der Waals surface area contributed by atoms with E-state index in [1.807, 2.05) is 29.2 Å². The van der Waals surface area contributed by atoms with Crippen LogP contribution in [-0.2, 0) is 11.3 Å². The second kappa shape index (κ2) is 8.51. The molecule has 0 unspecified atom stereocenters. The molecule has 0 radical (unpaired) electrons. The number of aryl methyl sites for hydroxylation is 1. The van der Waals surface area contributed by atoms with E-state index >= 15 is 0 Å². The minimum Gasteiger partial charge on any atom is -0.343 e. The van der Waals surface area contributed by atoms with Gasteiger partial charge < -0.3 is 4.90 Å². The lowest BCUT2D eigenvalue weighted by Gasteiger charge is -2.31. The quantitative estimate of drug-likeness (QED) is 0.415. The standard InChI is InChI=1S/C23H21BrN4O2S/c24-16-5-6-18-17(13-16)23(30)28(14-25-18)12-9-21(29)27-10-7-15(8-11-27)22-26-19-3-1-2-4-20(19)31-22/h1-6,13-15H,7-12H2. The van der Waals surface area contributed by atoms with E-state index < -0.39 is 0 Å². The lowest BCUT2D eigenvalue weighted by atomic mass is 9.97. The number of likely N-dealkylation sites (tertiary alicyclic amines) is 1. The van der Waals surface area contributed by atoms with Gasteiger partial charge in [0.25, 0.3) is 5.56 Å². The first-order valence-corrected chi connectivity index (χ1v) is 12.0. The predicted molar refractivity (Wildman–Crippen MR) is 126 cm³/mol. The van der Waals surface area contributed by atoms with Gasteiger partial charge >= 0.3 is 0 Å². The van der Waals surface area contributed by atoms with Crippen LogP contribution in [0.15, 0.2) is 58.1 Å². The van der Waals surface area contributed by atoms with Crippen LogP contribution in [0, 0.1) is 0 Å². The van der Waals surface area contributed by atoms with E-state index in [2.05, 4.69) is 33.0 Å². The zero-order chi connectivity index (χ0) is 21.4. The fraction of sp³-hybridized carbons (Fsp3) is 0.304. The third-order valence-corrected chi connectivity index (χ3v) is 7.55. The Labute approximate surface area is 191 Å². The number of carbonyl (C=O) groups is 1. The van der Waals surface area contributed by atoms with Crippen molar-refractivity contribution >= 4 is 54.3 Å². The molecular weight excluding hydrogens is 476 g/mol. The van der Waals surface area contributed by atoms with E-state index in [9.17, 15) is 9.59 Å². The number of benzene rings is 2. The first-order chi connectivity index (χ1) is 15.1. The first-order valence-electron chi connectivity index (χ1n) is 10.4. The lowest BCUT2D eigenvalue weighted by molar-refractivity contribution is -0.132. The van der Waals surface area contributed by atoms with Gasteiger partial charge in [-0.25, -0.2) is 9.97 Å². The molecule has 2 aromatic heterocycles. The Hall–Kier alpha value is -2.58. The van der Waals surface area contributed by atoms with Gasteiger partial charge in [-0.3, -0.25) is 14.2 Å². The van der Waals surface area contributed by atoms with Gasteiger partial charge in [-0.15, -0.1) is 11.3 Å². The largest absolute Gasteiger partial charge is 0.343 e. The van der Waals surface area contributed by atoms with Crippen molar-refractivity contribution < 1.29 is 4.79 Å². The number of nitrogens with zero attached hydrogens (tertiary/aromatic N) is 4. The van der Waals surface area contributed by atoms with E-state index in [4.69, 9.17) is 4.98 Å². The summed E-state index contributed by atoms with van der Waals surface area (Å²) in [6.45, 7) is 1.80. The number of hydrogen-bond donors (Lipinski definition) is 0. The molecule has 6 nitrogen and oxygen atoms in total. The van der Waals surface area contributed by atoms with Gasteiger partial charge in [-0.05, 0) is 43.2 Å². The zero-order valence-corrected chi connectivity index (χ0v) is 19.2. The number of aromatic nitrogens is 3. The summed E-state index contributed by atoms with van der Waals surface area (Å²) in [7, 11) is 0. The monoisotopic (exact) mass is 496 g/mol. The second-order valence-electron chi connectivity index (χ2n) is 7.83. The van der Waals surface area contributed by atoms with Gasteiger partial charge in [0.15, 0.2) is 0 Å². The van der Waals surface area contributed by atoms with Crippen LogP contribution >= 0.6 is 27.3 Å². The molecule has 1 aliphatic rings. The fourth-order valence-electron chi connectivity index (χ4n) is 4.11. The summed E-state index contributed by atoms with van der Waals surface area (Å²) in [5, 5.41) is 1.73. The normalized spacial score (nSPS) is 15.1. The maximum Gasteiger partial charge on any atom is 0.261 e. The van der Waals surface area contributed by atoms with Crippen LogP contribution in [-0.4, -0.2) is 38.4 Å². The minimum absolute atomic E-state index is 0.0870.